The molecule has 0 amide bonds. The lowest BCUT2D eigenvalue weighted by atomic mass is 10.1. The monoisotopic (exact) mass is 290 g/mol. The average Bonchev–Trinajstić information content (AvgIpc) is 2.41. The van der Waals surface area contributed by atoms with Gasteiger partial charge in [-0.2, -0.15) is 0 Å². The quantitative estimate of drug-likeness (QED) is 0.829. The van der Waals surface area contributed by atoms with E-state index < -0.39 is 5.97 Å². The molecule has 0 aliphatic rings. The Morgan fingerprint density at radius 1 is 1.30 bits per heavy atom. The molecular weight excluding hydrogens is 276 g/mol. The Balaban J connectivity index is 2.06. The number of hydrogen-bond donors (Lipinski definition) is 2. The van der Waals surface area contributed by atoms with E-state index in [0.717, 1.165) is 6.42 Å². The lowest BCUT2D eigenvalue weighted by Crippen LogP contribution is -2.11. The molecule has 5 heteroatoms. The van der Waals surface area contributed by atoms with Crippen LogP contribution < -0.4 is 5.32 Å². The summed E-state index contributed by atoms with van der Waals surface area (Å²) in [6.45, 7) is 2.65. The summed E-state index contributed by atoms with van der Waals surface area (Å²) in [4.78, 5) is 15.1. The van der Waals surface area contributed by atoms with Crippen LogP contribution in [0.15, 0.2) is 36.4 Å². The molecule has 0 bridgehead atoms. The van der Waals surface area contributed by atoms with Crippen LogP contribution in [-0.4, -0.2) is 22.6 Å². The van der Waals surface area contributed by atoms with Gasteiger partial charge >= 0.3 is 5.97 Å². The van der Waals surface area contributed by atoms with Gasteiger partial charge in [0.15, 0.2) is 0 Å². The van der Waals surface area contributed by atoms with Crippen molar-refractivity contribution in [2.75, 3.05) is 11.9 Å². The van der Waals surface area contributed by atoms with Gasteiger partial charge in [-0.05, 0) is 36.6 Å². The number of aryl methyl sites for hydroxylation is 1. The van der Waals surface area contributed by atoms with E-state index in [4.69, 9.17) is 16.7 Å². The number of aromatic nitrogens is 1. The fraction of sp³-hybridized carbons (Fsp3) is 0.200. The summed E-state index contributed by atoms with van der Waals surface area (Å²) in [6.07, 6.45) is 0.792. The largest absolute Gasteiger partial charge is 0.478 e. The van der Waals surface area contributed by atoms with Gasteiger partial charge in [-0.3, -0.25) is 0 Å². The van der Waals surface area contributed by atoms with Gasteiger partial charge in [-0.1, -0.05) is 35.9 Å². The molecule has 1 aromatic carbocycles. The second kappa shape index (κ2) is 6.39. The van der Waals surface area contributed by atoms with Crippen LogP contribution in [0.3, 0.4) is 0 Å². The second-order valence-corrected chi connectivity index (χ2v) is 4.83. The van der Waals surface area contributed by atoms with E-state index in [1.54, 1.807) is 0 Å². The van der Waals surface area contributed by atoms with Crippen LogP contribution in [-0.2, 0) is 6.42 Å². The molecule has 1 aromatic heterocycles. The van der Waals surface area contributed by atoms with Gasteiger partial charge in [0.1, 0.15) is 16.5 Å². The van der Waals surface area contributed by atoms with Crippen molar-refractivity contribution in [3.8, 4) is 0 Å². The van der Waals surface area contributed by atoms with Crippen LogP contribution in [0.1, 0.15) is 21.5 Å². The fourth-order valence-electron chi connectivity index (χ4n) is 1.95. The number of aromatic carboxylic acids is 1. The van der Waals surface area contributed by atoms with E-state index in [1.807, 2.05) is 12.1 Å². The number of nitrogens with zero attached hydrogens (tertiary/aromatic N) is 1. The summed E-state index contributed by atoms with van der Waals surface area (Å²) >= 11 is 5.80. The zero-order valence-electron chi connectivity index (χ0n) is 11.1. The van der Waals surface area contributed by atoms with Gasteiger partial charge in [0.05, 0.1) is 0 Å². The molecule has 20 heavy (non-hydrogen) atoms. The van der Waals surface area contributed by atoms with Crippen molar-refractivity contribution in [1.29, 1.82) is 0 Å². The summed E-state index contributed by atoms with van der Waals surface area (Å²) in [6, 6.07) is 11.0. The first-order chi connectivity index (χ1) is 9.58. The molecule has 104 valence electrons. The van der Waals surface area contributed by atoms with Gasteiger partial charge in [0.2, 0.25) is 0 Å². The summed E-state index contributed by atoms with van der Waals surface area (Å²) in [5, 5.41) is 12.4. The normalized spacial score (nSPS) is 10.3. The number of carboxylic acid groups (broad SMARTS) is 1. The van der Waals surface area contributed by atoms with Crippen molar-refractivity contribution in [3.63, 3.8) is 0 Å². The first-order valence-electron chi connectivity index (χ1n) is 6.26. The number of pyridine rings is 1. The third kappa shape index (κ3) is 3.48. The zero-order chi connectivity index (χ0) is 14.5. The molecule has 0 aliphatic heterocycles. The van der Waals surface area contributed by atoms with Crippen molar-refractivity contribution < 1.29 is 9.90 Å². The van der Waals surface area contributed by atoms with Gasteiger partial charge in [0, 0.05) is 6.54 Å². The number of rotatable bonds is 5. The molecule has 0 spiro atoms. The fourth-order valence-corrected chi connectivity index (χ4v) is 2.10. The third-order valence-corrected chi connectivity index (χ3v) is 3.25. The summed E-state index contributed by atoms with van der Waals surface area (Å²) in [5.74, 6) is -0.717. The van der Waals surface area contributed by atoms with Crippen molar-refractivity contribution in [2.45, 2.75) is 13.3 Å². The Morgan fingerprint density at radius 3 is 2.75 bits per heavy atom. The van der Waals surface area contributed by atoms with Crippen LogP contribution in [0.2, 0.25) is 5.15 Å². The first-order valence-corrected chi connectivity index (χ1v) is 6.64. The number of halogens is 1. The smallest absolute Gasteiger partial charge is 0.339 e. The van der Waals surface area contributed by atoms with Crippen LogP contribution in [0.25, 0.3) is 0 Å². The van der Waals surface area contributed by atoms with Gasteiger partial charge in [0.25, 0.3) is 0 Å². The van der Waals surface area contributed by atoms with E-state index in [0.29, 0.717) is 12.4 Å². The van der Waals surface area contributed by atoms with Gasteiger partial charge in [-0.25, -0.2) is 9.78 Å². The van der Waals surface area contributed by atoms with E-state index in [2.05, 4.69) is 29.4 Å². The van der Waals surface area contributed by atoms with E-state index in [9.17, 15) is 4.79 Å². The molecule has 0 unspecified atom stereocenters. The molecule has 0 saturated heterocycles. The first kappa shape index (κ1) is 14.3. The van der Waals surface area contributed by atoms with Crippen LogP contribution in [0.4, 0.5) is 5.82 Å². The van der Waals surface area contributed by atoms with Crippen molar-refractivity contribution in [3.05, 3.63) is 58.2 Å². The summed E-state index contributed by atoms with van der Waals surface area (Å²) in [7, 11) is 0. The number of anilines is 1. The van der Waals surface area contributed by atoms with Crippen LogP contribution in [0, 0.1) is 6.92 Å². The van der Waals surface area contributed by atoms with Crippen molar-refractivity contribution in [2.24, 2.45) is 0 Å². The Kier molecular flexibility index (Phi) is 4.58. The highest BCUT2D eigenvalue weighted by atomic mass is 35.5. The molecule has 2 aromatic rings. The minimum absolute atomic E-state index is 0.124. The molecular formula is C15H15ClN2O2. The average molecular weight is 291 g/mol. The third-order valence-electron chi connectivity index (χ3n) is 3.04. The van der Waals surface area contributed by atoms with Crippen molar-refractivity contribution >= 4 is 23.4 Å². The molecule has 4 nitrogen and oxygen atoms in total. The molecule has 0 fully saturated rings. The maximum Gasteiger partial charge on any atom is 0.339 e. The van der Waals surface area contributed by atoms with Gasteiger partial charge in [-0.15, -0.1) is 0 Å². The lowest BCUT2D eigenvalue weighted by molar-refractivity contribution is 0.0697. The number of carboxylic acids is 1. The minimum Gasteiger partial charge on any atom is -0.478 e. The van der Waals surface area contributed by atoms with E-state index in [1.165, 1.54) is 23.3 Å². The minimum atomic E-state index is -1.02. The number of hydrogen-bond acceptors (Lipinski definition) is 3. The molecule has 0 radical (unpaired) electrons. The second-order valence-electron chi connectivity index (χ2n) is 4.44. The number of carbonyl (C=O) groups is 1. The highest BCUT2D eigenvalue weighted by molar-refractivity contribution is 6.29. The number of nitrogens with one attached hydrogen (secondary N) is 1. The predicted molar refractivity (Wildman–Crippen MR) is 79.6 cm³/mol. The summed E-state index contributed by atoms with van der Waals surface area (Å²) < 4.78 is 0. The Labute approximate surface area is 122 Å². The molecule has 0 saturated carbocycles. The van der Waals surface area contributed by atoms with E-state index >= 15 is 0 Å². The zero-order valence-corrected chi connectivity index (χ0v) is 11.8. The van der Waals surface area contributed by atoms with Crippen LogP contribution >= 0.6 is 11.6 Å². The topological polar surface area (TPSA) is 62.2 Å². The maximum absolute atomic E-state index is 11.1. The lowest BCUT2D eigenvalue weighted by Gasteiger charge is -2.10. The highest BCUT2D eigenvalue weighted by Gasteiger charge is 2.11. The van der Waals surface area contributed by atoms with Crippen molar-refractivity contribution in [1.82, 2.24) is 4.98 Å². The highest BCUT2D eigenvalue weighted by Crippen LogP contribution is 2.17. The molecule has 1 heterocycles. The molecule has 0 atom stereocenters. The Bertz CT molecular complexity index is 629. The SMILES string of the molecule is Cc1ccccc1CCNc1nc(Cl)ccc1C(=O)O. The molecule has 0 aliphatic carbocycles. The van der Waals surface area contributed by atoms with Crippen LogP contribution in [0.5, 0.6) is 0 Å². The molecule has 2 N–H and O–H groups in total. The predicted octanol–water partition coefficient (Wildman–Crippen LogP) is 3.40. The molecule has 2 rings (SSSR count). The Hall–Kier alpha value is -2.07. The Morgan fingerprint density at radius 2 is 2.05 bits per heavy atom. The van der Waals surface area contributed by atoms with E-state index in [-0.39, 0.29) is 10.7 Å². The van der Waals surface area contributed by atoms with Gasteiger partial charge < -0.3 is 10.4 Å². The maximum atomic E-state index is 11.1. The summed E-state index contributed by atoms with van der Waals surface area (Å²) in [5.41, 5.74) is 2.56. The number of benzene rings is 1. The standard InChI is InChI=1S/C15H15ClN2O2/c1-10-4-2-3-5-11(10)8-9-17-14-12(15(19)20)6-7-13(16)18-14/h2-7H,8-9H2,1H3,(H,17,18)(H,19,20).